The van der Waals surface area contributed by atoms with Crippen molar-refractivity contribution in [2.24, 2.45) is 5.92 Å². The van der Waals surface area contributed by atoms with Crippen molar-refractivity contribution in [1.29, 1.82) is 0 Å². The maximum Gasteiger partial charge on any atom is 0.275 e. The molecule has 7 aromatic rings. The second kappa shape index (κ2) is 24.0. The van der Waals surface area contributed by atoms with Crippen molar-refractivity contribution in [3.05, 3.63) is 100 Å². The Balaban J connectivity index is 1.15. The molecule has 1 aliphatic rings. The number of rotatable bonds is 10. The summed E-state index contributed by atoms with van der Waals surface area (Å²) in [4.78, 5) is 114. The molecule has 8 rings (SSSR count). The van der Waals surface area contributed by atoms with Gasteiger partial charge in [-0.3, -0.25) is 28.8 Å². The molecule has 0 aromatic carbocycles. The Morgan fingerprint density at radius 2 is 1.13 bits per heavy atom. The Morgan fingerprint density at radius 3 is 1.78 bits per heavy atom. The quantitative estimate of drug-likeness (QED) is 0.0756. The molecule has 22 nitrogen and oxygen atoms in total. The molecule has 0 spiro atoms. The van der Waals surface area contributed by atoms with Gasteiger partial charge in [0.1, 0.15) is 87.7 Å². The van der Waals surface area contributed by atoms with Gasteiger partial charge < -0.3 is 47.2 Å². The van der Waals surface area contributed by atoms with Crippen LogP contribution in [-0.4, -0.2) is 117 Å². The molecule has 8 bridgehead atoms. The normalized spacial score (nSPS) is 18.5. The Kier molecular flexibility index (Phi) is 17.5. The maximum absolute atomic E-state index is 13.9. The van der Waals surface area contributed by atoms with Crippen LogP contribution in [0.4, 0.5) is 0 Å². The molecule has 0 aliphatic carbocycles. The number of fused-ring (bicyclic) bond motifs is 11. The predicted octanol–water partition coefficient (Wildman–Crippen LogP) is 5.57. The van der Waals surface area contributed by atoms with Crippen molar-refractivity contribution in [1.82, 2.24) is 66.8 Å². The van der Waals surface area contributed by atoms with Gasteiger partial charge in [0.25, 0.3) is 29.5 Å². The van der Waals surface area contributed by atoms with Gasteiger partial charge in [-0.15, -0.1) is 68.0 Å². The first-order valence-electron chi connectivity index (χ1n) is 23.3. The molecule has 9 N–H and O–H groups in total. The lowest BCUT2D eigenvalue weighted by Gasteiger charge is -2.21. The van der Waals surface area contributed by atoms with Crippen molar-refractivity contribution >= 4 is 109 Å². The van der Waals surface area contributed by atoms with E-state index in [1.165, 1.54) is 77.0 Å². The van der Waals surface area contributed by atoms with Gasteiger partial charge in [0.2, 0.25) is 5.91 Å². The number of pyridine rings is 1. The van der Waals surface area contributed by atoms with Gasteiger partial charge in [-0.2, -0.15) is 0 Å². The fourth-order valence-electron chi connectivity index (χ4n) is 7.20. The van der Waals surface area contributed by atoms with E-state index in [2.05, 4.69) is 51.8 Å². The highest BCUT2D eigenvalue weighted by Crippen LogP contribution is 2.38. The molecule has 0 saturated heterocycles. The first kappa shape index (κ1) is 55.3. The van der Waals surface area contributed by atoms with Crippen LogP contribution in [0, 0.1) is 5.92 Å². The molecule has 7 aromatic heterocycles. The Bertz CT molecular complexity index is 3380. The zero-order chi connectivity index (χ0) is 54.5. The molecule has 0 fully saturated rings. The van der Waals surface area contributed by atoms with Crippen LogP contribution in [0.3, 0.4) is 0 Å². The molecule has 76 heavy (non-hydrogen) atoms. The summed E-state index contributed by atoms with van der Waals surface area (Å²) in [6.07, 6.45) is -0.261. The smallest absolute Gasteiger partial charge is 0.275 e. The van der Waals surface area contributed by atoms with Crippen LogP contribution in [-0.2, 0) is 9.59 Å². The van der Waals surface area contributed by atoms with Crippen LogP contribution in [0.25, 0.3) is 49.1 Å². The molecule has 0 unspecified atom stereocenters. The standard InChI is InChI=1S/C48H49N13O9S6/c1-8-24(37(65)49-12-20(5)62)51-38(66)28-15-73-46(56-28)32-18-74-45(58-32)26-11-10-23-36(50-26)27-13-75-48(53-27)35(22(7)64)61-41(69)31-17-76-47(57-31)33(19(3)4)59-39(67)30-16-72-44(55-30)25(9-2)52-42(70)34(21(6)63)60-40(68)29-14-71-43(23)54-29/h8-11,13-22,33-35,62-64H,12H2,1-7H3,(H,49,65)(H,51,66)(H,52,70)(H,59,67)(H,60,68)(H,61,69)/t20-,21-,22+,33+,34+,35-/m1/s1. The summed E-state index contributed by atoms with van der Waals surface area (Å²) in [6, 6.07) is 0.366. The molecular weight excluding hydrogens is 1100 g/mol. The van der Waals surface area contributed by atoms with Crippen LogP contribution in [0.5, 0.6) is 0 Å². The number of thiazole rings is 6. The number of carbonyl (C=O) groups excluding carboxylic acids is 6. The van der Waals surface area contributed by atoms with Gasteiger partial charge >= 0.3 is 0 Å². The van der Waals surface area contributed by atoms with E-state index in [0.29, 0.717) is 53.4 Å². The number of carbonyl (C=O) groups is 6. The van der Waals surface area contributed by atoms with E-state index < -0.39 is 71.9 Å². The summed E-state index contributed by atoms with van der Waals surface area (Å²) >= 11 is 6.97. The number of nitrogens with zero attached hydrogens (tertiary/aromatic N) is 7. The lowest BCUT2D eigenvalue weighted by atomic mass is 10.1. The summed E-state index contributed by atoms with van der Waals surface area (Å²) in [7, 11) is 0. The summed E-state index contributed by atoms with van der Waals surface area (Å²) in [5.41, 5.74) is 2.26. The third kappa shape index (κ3) is 12.5. The second-order valence-corrected chi connectivity index (χ2v) is 22.6. The first-order chi connectivity index (χ1) is 36.3. The summed E-state index contributed by atoms with van der Waals surface area (Å²) in [5.74, 6) is -4.00. The number of hydrogen-bond donors (Lipinski definition) is 9. The van der Waals surface area contributed by atoms with Gasteiger partial charge in [0, 0.05) is 44.4 Å². The second-order valence-electron chi connectivity index (χ2n) is 17.4. The Labute approximate surface area is 458 Å². The van der Waals surface area contributed by atoms with Crippen LogP contribution in [0.2, 0.25) is 0 Å². The summed E-state index contributed by atoms with van der Waals surface area (Å²) < 4.78 is 0. The number of aliphatic hydroxyl groups is 3. The third-order valence-electron chi connectivity index (χ3n) is 11.2. The number of hydrogen-bond acceptors (Lipinski definition) is 22. The van der Waals surface area contributed by atoms with Crippen LogP contribution in [0.1, 0.15) is 118 Å². The van der Waals surface area contributed by atoms with Crippen LogP contribution >= 0.6 is 68.0 Å². The van der Waals surface area contributed by atoms with Crippen LogP contribution in [0.15, 0.2) is 62.3 Å². The zero-order valence-corrected chi connectivity index (χ0v) is 46.3. The Hall–Kier alpha value is -6.89. The van der Waals surface area contributed by atoms with Crippen molar-refractivity contribution in [2.75, 3.05) is 6.54 Å². The zero-order valence-electron chi connectivity index (χ0n) is 41.4. The fourth-order valence-corrected chi connectivity index (χ4v) is 12.4. The highest BCUT2D eigenvalue weighted by Gasteiger charge is 2.32. The van der Waals surface area contributed by atoms with Crippen molar-refractivity contribution < 1.29 is 44.1 Å². The molecule has 8 heterocycles. The van der Waals surface area contributed by atoms with Gasteiger partial charge in [-0.1, -0.05) is 26.0 Å². The predicted molar refractivity (Wildman–Crippen MR) is 290 cm³/mol. The minimum atomic E-state index is -1.45. The topological polar surface area (TPSA) is 326 Å². The van der Waals surface area contributed by atoms with Crippen molar-refractivity contribution in [3.63, 3.8) is 0 Å². The average molecular weight is 1140 g/mol. The van der Waals surface area contributed by atoms with Crippen molar-refractivity contribution in [2.45, 2.75) is 84.9 Å². The van der Waals surface area contributed by atoms with E-state index in [0.717, 1.165) is 34.0 Å². The van der Waals surface area contributed by atoms with Gasteiger partial charge in [-0.25, -0.2) is 34.9 Å². The molecule has 6 amide bonds. The lowest BCUT2D eigenvalue weighted by Crippen LogP contribution is -2.52. The summed E-state index contributed by atoms with van der Waals surface area (Å²) in [6.45, 7) is 11.4. The van der Waals surface area contributed by atoms with E-state index in [1.54, 1.807) is 48.2 Å². The van der Waals surface area contributed by atoms with E-state index in [1.807, 2.05) is 13.8 Å². The van der Waals surface area contributed by atoms with Gasteiger partial charge in [0.05, 0.1) is 35.7 Å². The molecular formula is C48H49N13O9S6. The van der Waals surface area contributed by atoms with Gasteiger partial charge in [-0.05, 0) is 52.7 Å². The average Bonchev–Trinajstić information content (AvgIpc) is 4.26. The fraction of sp³-hybridized carbons (Fsp3) is 0.312. The minimum absolute atomic E-state index is 0.00119. The van der Waals surface area contributed by atoms with Crippen molar-refractivity contribution in [3.8, 4) is 43.4 Å². The van der Waals surface area contributed by atoms with Gasteiger partial charge in [0.15, 0.2) is 0 Å². The highest BCUT2D eigenvalue weighted by atomic mass is 32.1. The maximum atomic E-state index is 13.9. The largest absolute Gasteiger partial charge is 0.392 e. The summed E-state index contributed by atoms with van der Waals surface area (Å²) in [5, 5.41) is 59.6. The number of amides is 6. The van der Waals surface area contributed by atoms with E-state index >= 15 is 0 Å². The molecule has 1 aliphatic heterocycles. The lowest BCUT2D eigenvalue weighted by molar-refractivity contribution is -0.124. The number of aromatic nitrogens is 7. The van der Waals surface area contributed by atoms with Crippen LogP contribution < -0.4 is 31.9 Å². The molecule has 6 atom stereocenters. The highest BCUT2D eigenvalue weighted by molar-refractivity contribution is 7.15. The van der Waals surface area contributed by atoms with E-state index in [4.69, 9.17) is 15.0 Å². The first-order valence-corrected chi connectivity index (χ1v) is 28.6. The number of aliphatic hydroxyl groups excluding tert-OH is 3. The van der Waals surface area contributed by atoms with E-state index in [9.17, 15) is 44.1 Å². The minimum Gasteiger partial charge on any atom is -0.392 e. The monoisotopic (exact) mass is 1140 g/mol. The Morgan fingerprint density at radius 1 is 0.605 bits per heavy atom. The SMILES string of the molecule is CC=C(NC(=O)c1csc(-c2csc(-c3ccc4c(n3)-c3csc(n3)[C@@H]([C@H](C)O)NC(=O)c3csc(n3)[C@H](C(C)C)NC(=O)c3csc(n3)C(=CC)NC(=O)[C@H]([C@@H](C)O)NC(=O)c3csc-4n3)n2)n1)C(=O)NC[C@@H](C)O. The molecule has 0 saturated carbocycles. The molecule has 0 radical (unpaired) electrons. The number of allylic oxidation sites excluding steroid dienone is 2. The molecule has 28 heteroatoms. The number of nitrogens with one attached hydrogen (secondary N) is 6. The third-order valence-corrected chi connectivity index (χ3v) is 16.6. The van der Waals surface area contributed by atoms with E-state index in [-0.39, 0.29) is 51.6 Å². The molecule has 396 valence electrons.